The van der Waals surface area contributed by atoms with Crippen LogP contribution in [0.1, 0.15) is 47.5 Å². The van der Waals surface area contributed by atoms with Crippen molar-refractivity contribution in [3.63, 3.8) is 0 Å². The van der Waals surface area contributed by atoms with Gasteiger partial charge >= 0.3 is 0 Å². The van der Waals surface area contributed by atoms with Crippen molar-refractivity contribution in [1.82, 2.24) is 24.5 Å². The Bertz CT molecular complexity index is 1460. The van der Waals surface area contributed by atoms with E-state index in [0.717, 1.165) is 17.5 Å². The van der Waals surface area contributed by atoms with Crippen LogP contribution in [0.4, 0.5) is 11.5 Å². The van der Waals surface area contributed by atoms with Gasteiger partial charge in [-0.25, -0.2) is 15.0 Å². The van der Waals surface area contributed by atoms with Gasteiger partial charge in [-0.3, -0.25) is 9.36 Å². The minimum absolute atomic E-state index is 0.00799. The third-order valence-corrected chi connectivity index (χ3v) is 4.55. The summed E-state index contributed by atoms with van der Waals surface area (Å²) < 4.78 is 122. The largest absolute Gasteiger partial charge is 0.340 e. The molecular formula is C18H21N7OS. The predicted octanol–water partition coefficient (Wildman–Crippen LogP) is 2.76. The maximum atomic E-state index is 13.8. The van der Waals surface area contributed by atoms with E-state index in [2.05, 4.69) is 19.9 Å². The third-order valence-electron chi connectivity index (χ3n) is 3.78. The molecule has 4 heterocycles. The van der Waals surface area contributed by atoms with E-state index in [1.54, 1.807) is 5.38 Å². The SMILES string of the molecule is [2H]C([2H])([2H])N1C(=O)C(C([2H])([2H])C([2H])([2H])[2H])N(C([2H])(C([2H])([2H])[2H])C([2H])([2H])[2H])c2nc(-n3ccnc3-c3nccs3)ncc21. The first kappa shape index (κ1) is 7.31. The molecule has 4 rings (SSSR count). The number of hydrogen-bond acceptors (Lipinski definition) is 7. The fourth-order valence-electron chi connectivity index (χ4n) is 2.60. The van der Waals surface area contributed by atoms with Crippen molar-refractivity contribution in [3.8, 4) is 16.8 Å². The van der Waals surface area contributed by atoms with E-state index >= 15 is 0 Å². The monoisotopic (exact) mass is 398 g/mol. The molecule has 0 spiro atoms. The molecule has 0 radical (unpaired) electrons. The van der Waals surface area contributed by atoms with Gasteiger partial charge in [0, 0.05) is 56.2 Å². The quantitative estimate of drug-likeness (QED) is 0.672. The highest BCUT2D eigenvalue weighted by atomic mass is 32.1. The molecule has 0 aliphatic carbocycles. The Labute approximate surface area is 182 Å². The Morgan fingerprint density at radius 1 is 1.37 bits per heavy atom. The lowest BCUT2D eigenvalue weighted by Crippen LogP contribution is -2.55. The van der Waals surface area contributed by atoms with Crippen molar-refractivity contribution >= 4 is 28.7 Å². The van der Waals surface area contributed by atoms with Gasteiger partial charge in [0.25, 0.3) is 0 Å². The molecule has 1 unspecified atom stereocenters. The number of amides is 1. The second kappa shape index (κ2) is 6.73. The van der Waals surface area contributed by atoms with Crippen molar-refractivity contribution in [2.75, 3.05) is 16.8 Å². The molecule has 140 valence electrons. The number of thiazole rings is 1. The fraction of sp³-hybridized carbons (Fsp3) is 0.389. The van der Waals surface area contributed by atoms with Crippen LogP contribution in [0.2, 0.25) is 0 Å². The summed E-state index contributed by atoms with van der Waals surface area (Å²) in [5.74, 6) is -3.08. The van der Waals surface area contributed by atoms with Crippen LogP contribution in [-0.2, 0) is 4.79 Å². The molecule has 3 aromatic rings. The molecule has 8 nitrogen and oxygen atoms in total. The zero-order valence-electron chi connectivity index (χ0n) is 28.4. The average molecular weight is 399 g/mol. The van der Waals surface area contributed by atoms with Gasteiger partial charge in [-0.05, 0) is 20.1 Å². The Hall–Kier alpha value is -2.81. The minimum atomic E-state index is -3.92. The smallest absolute Gasteiger partial charge is 0.249 e. The van der Waals surface area contributed by atoms with Gasteiger partial charge in [0.05, 0.1) is 7.57 Å². The van der Waals surface area contributed by atoms with Crippen molar-refractivity contribution in [3.05, 3.63) is 30.2 Å². The number of likely N-dealkylation sites (N-methyl/N-ethyl adjacent to an activating group) is 1. The molecule has 0 saturated heterocycles. The van der Waals surface area contributed by atoms with Gasteiger partial charge in [-0.15, -0.1) is 11.3 Å². The van der Waals surface area contributed by atoms with Crippen LogP contribution in [0.5, 0.6) is 0 Å². The lowest BCUT2D eigenvalue weighted by Gasteiger charge is -2.42. The zero-order valence-corrected chi connectivity index (χ0v) is 14.2. The van der Waals surface area contributed by atoms with Gasteiger partial charge in [0.1, 0.15) is 11.7 Å². The van der Waals surface area contributed by atoms with Crippen LogP contribution in [0, 0.1) is 0 Å². The summed E-state index contributed by atoms with van der Waals surface area (Å²) in [4.78, 5) is 30.2. The molecule has 9 heteroatoms. The van der Waals surface area contributed by atoms with Crippen molar-refractivity contribution in [2.45, 2.75) is 39.0 Å². The maximum Gasteiger partial charge on any atom is 0.249 e. The van der Waals surface area contributed by atoms with E-state index in [0.29, 0.717) is 5.01 Å². The Kier molecular flexibility index (Phi) is 1.82. The summed E-state index contributed by atoms with van der Waals surface area (Å²) in [5, 5.41) is 1.99. The molecule has 0 bridgehead atoms. The highest BCUT2D eigenvalue weighted by Crippen LogP contribution is 2.36. The van der Waals surface area contributed by atoms with Crippen LogP contribution in [-0.4, -0.2) is 49.4 Å². The van der Waals surface area contributed by atoms with Gasteiger partial charge in [0.15, 0.2) is 16.6 Å². The number of carbonyl (C=O) groups is 1. The average Bonchev–Trinajstić information content (AvgIpc) is 3.51. The number of rotatable bonds is 4. The Balaban J connectivity index is 2.16. The van der Waals surface area contributed by atoms with Gasteiger partial charge in [-0.1, -0.05) is 6.85 Å². The van der Waals surface area contributed by atoms with Gasteiger partial charge in [0.2, 0.25) is 11.9 Å². The topological polar surface area (TPSA) is 80.0 Å². The first-order valence-electron chi connectivity index (χ1n) is 14.9. The van der Waals surface area contributed by atoms with E-state index in [4.69, 9.17) is 20.6 Å². The highest BCUT2D eigenvalue weighted by molar-refractivity contribution is 7.13. The first-order valence-corrected chi connectivity index (χ1v) is 8.28. The summed E-state index contributed by atoms with van der Waals surface area (Å²) in [5.41, 5.74) is -0.803. The third kappa shape index (κ3) is 2.78. The van der Waals surface area contributed by atoms with Crippen molar-refractivity contribution in [1.29, 1.82) is 0 Å². The second-order valence-electron chi connectivity index (χ2n) is 5.28. The Morgan fingerprint density at radius 2 is 2.30 bits per heavy atom. The Morgan fingerprint density at radius 3 is 3.04 bits per heavy atom. The molecule has 1 amide bonds. The first-order chi connectivity index (χ1) is 19.0. The molecule has 0 N–H and O–H groups in total. The fourth-order valence-corrected chi connectivity index (χ4v) is 3.23. The molecule has 3 aromatic heterocycles. The summed E-state index contributed by atoms with van der Waals surface area (Å²) in [6.07, 6.45) is 1.06. The maximum absolute atomic E-state index is 13.8. The van der Waals surface area contributed by atoms with Crippen LogP contribution in [0.25, 0.3) is 16.8 Å². The summed E-state index contributed by atoms with van der Waals surface area (Å²) in [6, 6.07) is -6.91. The number of nitrogens with zero attached hydrogens (tertiary/aromatic N) is 7. The molecule has 1 aliphatic heterocycles. The molecule has 27 heavy (non-hydrogen) atoms. The molecule has 0 fully saturated rings. The standard InChI is InChI=1S/C18H21N7OS/c1-5-12-17(26)23(4)13-10-21-18(22-14(13)25(12)11(2)3)24-8-6-19-15(24)16-20-7-9-27-16/h6-12H,5H2,1-4H3/i1D3,2D3,3D3,4D3,5D2,11D. The number of aromatic nitrogens is 5. The minimum Gasteiger partial charge on any atom is -0.340 e. The molecule has 1 aliphatic rings. The van der Waals surface area contributed by atoms with E-state index in [1.165, 1.54) is 23.2 Å². The van der Waals surface area contributed by atoms with Crippen molar-refractivity contribution in [2.24, 2.45) is 0 Å². The van der Waals surface area contributed by atoms with Crippen LogP contribution < -0.4 is 9.80 Å². The molecule has 0 aromatic carbocycles. The number of fused-ring (bicyclic) bond motifs is 1. The lowest BCUT2D eigenvalue weighted by molar-refractivity contribution is -0.120. The number of carbonyl (C=O) groups excluding carboxylic acids is 1. The number of anilines is 2. The van der Waals surface area contributed by atoms with Crippen molar-refractivity contribution < 1.29 is 25.4 Å². The van der Waals surface area contributed by atoms with Crippen LogP contribution in [0.15, 0.2) is 30.2 Å². The summed E-state index contributed by atoms with van der Waals surface area (Å²) >= 11 is 1.16. The number of hydrogen-bond donors (Lipinski definition) is 0. The molecule has 0 saturated carbocycles. The normalized spacial score (nSPS) is 27.9. The molecule has 1 atom stereocenters. The second-order valence-corrected chi connectivity index (χ2v) is 6.17. The van der Waals surface area contributed by atoms with Crippen LogP contribution in [0.3, 0.4) is 0 Å². The highest BCUT2D eigenvalue weighted by Gasteiger charge is 2.38. The van der Waals surface area contributed by atoms with E-state index in [-0.39, 0.29) is 15.6 Å². The van der Waals surface area contributed by atoms with E-state index in [9.17, 15) is 4.79 Å². The predicted molar refractivity (Wildman–Crippen MR) is 105 cm³/mol. The zero-order chi connectivity index (χ0) is 31.8. The van der Waals surface area contributed by atoms with Gasteiger partial charge < -0.3 is 9.80 Å². The van der Waals surface area contributed by atoms with Crippen LogP contribution >= 0.6 is 11.3 Å². The van der Waals surface area contributed by atoms with E-state index in [1.807, 2.05) is 0 Å². The summed E-state index contributed by atoms with van der Waals surface area (Å²) in [6.45, 7) is -14.9. The molecular weight excluding hydrogens is 362 g/mol. The van der Waals surface area contributed by atoms with E-state index < -0.39 is 69.3 Å². The number of imidazole rings is 1. The van der Waals surface area contributed by atoms with Gasteiger partial charge in [-0.2, -0.15) is 4.98 Å². The summed E-state index contributed by atoms with van der Waals surface area (Å²) in [7, 11) is 0. The lowest BCUT2D eigenvalue weighted by atomic mass is 10.1.